The summed E-state index contributed by atoms with van der Waals surface area (Å²) in [6.45, 7) is 0. The Hall–Kier alpha value is -0.800. The molecule has 1 rings (SSSR count). The van der Waals surface area contributed by atoms with Gasteiger partial charge in [-0.3, -0.25) is 0 Å². The highest BCUT2D eigenvalue weighted by atomic mass is 35.5. The second kappa shape index (κ2) is 4.95. The molecule has 0 aliphatic rings. The minimum atomic E-state index is -0.504. The SMILES string of the molecule is Cl.ON=Cc1ccc(Cl)cc1F. The minimum Gasteiger partial charge on any atom is -0.411 e. The molecule has 1 aromatic rings. The van der Waals surface area contributed by atoms with E-state index in [1.807, 2.05) is 0 Å². The third-order valence-corrected chi connectivity index (χ3v) is 1.39. The molecular formula is C7H6Cl2FNO. The van der Waals surface area contributed by atoms with Gasteiger partial charge in [0, 0.05) is 10.6 Å². The van der Waals surface area contributed by atoms with Crippen molar-refractivity contribution in [2.24, 2.45) is 5.16 Å². The number of nitrogens with zero attached hydrogens (tertiary/aromatic N) is 1. The number of hydrogen-bond donors (Lipinski definition) is 1. The first-order valence-corrected chi connectivity index (χ1v) is 3.24. The maximum atomic E-state index is 12.8. The molecule has 5 heteroatoms. The van der Waals surface area contributed by atoms with Gasteiger partial charge in [-0.15, -0.1) is 12.4 Å². The van der Waals surface area contributed by atoms with Crippen LogP contribution in [0.15, 0.2) is 23.4 Å². The van der Waals surface area contributed by atoms with Crippen LogP contribution in [-0.4, -0.2) is 11.4 Å². The first-order chi connectivity index (χ1) is 5.24. The second-order valence-corrected chi connectivity index (χ2v) is 2.35. The van der Waals surface area contributed by atoms with Crippen molar-refractivity contribution in [1.29, 1.82) is 0 Å². The molecule has 0 aromatic heterocycles. The number of hydrogen-bond acceptors (Lipinski definition) is 2. The third-order valence-electron chi connectivity index (χ3n) is 1.16. The van der Waals surface area contributed by atoms with Crippen molar-refractivity contribution in [3.8, 4) is 0 Å². The van der Waals surface area contributed by atoms with Gasteiger partial charge in [0.15, 0.2) is 0 Å². The van der Waals surface area contributed by atoms with Crippen LogP contribution in [0, 0.1) is 5.82 Å². The molecule has 1 aromatic carbocycles. The van der Waals surface area contributed by atoms with Crippen LogP contribution in [0.2, 0.25) is 5.02 Å². The summed E-state index contributed by atoms with van der Waals surface area (Å²) in [4.78, 5) is 0. The van der Waals surface area contributed by atoms with Gasteiger partial charge in [0.05, 0.1) is 6.21 Å². The van der Waals surface area contributed by atoms with Gasteiger partial charge < -0.3 is 5.21 Å². The zero-order valence-corrected chi connectivity index (χ0v) is 7.44. The fourth-order valence-corrected chi connectivity index (χ4v) is 0.827. The van der Waals surface area contributed by atoms with E-state index in [1.54, 1.807) is 0 Å². The normalized spacial score (nSPS) is 9.83. The topological polar surface area (TPSA) is 32.6 Å². The molecule has 0 fully saturated rings. The Morgan fingerprint density at radius 1 is 1.50 bits per heavy atom. The molecule has 2 nitrogen and oxygen atoms in total. The first kappa shape index (κ1) is 11.2. The summed E-state index contributed by atoms with van der Waals surface area (Å²) in [7, 11) is 0. The molecule has 12 heavy (non-hydrogen) atoms. The molecule has 0 aliphatic heterocycles. The highest BCUT2D eigenvalue weighted by Gasteiger charge is 1.98. The molecule has 0 unspecified atom stereocenters. The Morgan fingerprint density at radius 2 is 2.17 bits per heavy atom. The van der Waals surface area contributed by atoms with Crippen molar-refractivity contribution in [1.82, 2.24) is 0 Å². The Kier molecular flexibility index (Phi) is 4.62. The summed E-state index contributed by atoms with van der Waals surface area (Å²) in [5.41, 5.74) is 0.205. The molecule has 66 valence electrons. The summed E-state index contributed by atoms with van der Waals surface area (Å²) in [6.07, 6.45) is 1.01. The molecule has 0 heterocycles. The van der Waals surface area contributed by atoms with E-state index in [1.165, 1.54) is 12.1 Å². The van der Waals surface area contributed by atoms with Crippen molar-refractivity contribution in [2.75, 3.05) is 0 Å². The largest absolute Gasteiger partial charge is 0.411 e. The van der Waals surface area contributed by atoms with Crippen LogP contribution in [0.4, 0.5) is 4.39 Å². The highest BCUT2D eigenvalue weighted by Crippen LogP contribution is 2.12. The van der Waals surface area contributed by atoms with Crippen LogP contribution < -0.4 is 0 Å². The second-order valence-electron chi connectivity index (χ2n) is 1.91. The molecule has 0 spiro atoms. The summed E-state index contributed by atoms with van der Waals surface area (Å²) in [5, 5.41) is 11.1. The van der Waals surface area contributed by atoms with E-state index in [9.17, 15) is 4.39 Å². The fourth-order valence-electron chi connectivity index (χ4n) is 0.668. The molecule has 0 atom stereocenters. The monoisotopic (exact) mass is 209 g/mol. The van der Waals surface area contributed by atoms with Crippen molar-refractivity contribution in [3.63, 3.8) is 0 Å². The number of benzene rings is 1. The maximum absolute atomic E-state index is 12.8. The third kappa shape index (κ3) is 2.68. The lowest BCUT2D eigenvalue weighted by molar-refractivity contribution is 0.321. The zero-order chi connectivity index (χ0) is 8.27. The summed E-state index contributed by atoms with van der Waals surface area (Å²) >= 11 is 5.47. The van der Waals surface area contributed by atoms with E-state index >= 15 is 0 Å². The van der Waals surface area contributed by atoms with E-state index in [4.69, 9.17) is 16.8 Å². The van der Waals surface area contributed by atoms with Gasteiger partial charge >= 0.3 is 0 Å². The minimum absolute atomic E-state index is 0. The number of oxime groups is 1. The highest BCUT2D eigenvalue weighted by molar-refractivity contribution is 6.30. The van der Waals surface area contributed by atoms with E-state index in [0.717, 1.165) is 12.3 Å². The number of rotatable bonds is 1. The van der Waals surface area contributed by atoms with Crippen molar-refractivity contribution in [3.05, 3.63) is 34.6 Å². The lowest BCUT2D eigenvalue weighted by Crippen LogP contribution is -1.86. The van der Waals surface area contributed by atoms with Crippen LogP contribution in [-0.2, 0) is 0 Å². The van der Waals surface area contributed by atoms with Gasteiger partial charge in [-0.05, 0) is 18.2 Å². The lowest BCUT2D eigenvalue weighted by Gasteiger charge is -1.94. The van der Waals surface area contributed by atoms with Crippen LogP contribution in [0.1, 0.15) is 5.56 Å². The van der Waals surface area contributed by atoms with Gasteiger partial charge in [0.1, 0.15) is 5.82 Å². The summed E-state index contributed by atoms with van der Waals surface area (Å²) in [5.74, 6) is -0.504. The molecule has 0 radical (unpaired) electrons. The Bertz CT molecular complexity index is 291. The standard InChI is InChI=1S/C7H5ClFNO.ClH/c8-6-2-1-5(4-10-11)7(9)3-6;/h1-4,11H;1H. The summed E-state index contributed by atoms with van der Waals surface area (Å²) in [6, 6.07) is 4.09. The van der Waals surface area contributed by atoms with Gasteiger partial charge in [-0.25, -0.2) is 4.39 Å². The van der Waals surface area contributed by atoms with E-state index < -0.39 is 5.82 Å². The van der Waals surface area contributed by atoms with E-state index in [-0.39, 0.29) is 18.0 Å². The molecule has 0 bridgehead atoms. The van der Waals surface area contributed by atoms with Crippen LogP contribution in [0.3, 0.4) is 0 Å². The van der Waals surface area contributed by atoms with Crippen LogP contribution in [0.25, 0.3) is 0 Å². The molecule has 0 aliphatic carbocycles. The van der Waals surface area contributed by atoms with Crippen LogP contribution in [0.5, 0.6) is 0 Å². The lowest BCUT2D eigenvalue weighted by atomic mass is 10.2. The van der Waals surface area contributed by atoms with Gasteiger partial charge in [-0.1, -0.05) is 16.8 Å². The molecule has 0 saturated carbocycles. The Morgan fingerprint density at radius 3 is 2.67 bits per heavy atom. The van der Waals surface area contributed by atoms with Gasteiger partial charge in [-0.2, -0.15) is 0 Å². The fraction of sp³-hybridized carbons (Fsp3) is 0. The average molecular weight is 210 g/mol. The predicted molar refractivity (Wildman–Crippen MR) is 48.0 cm³/mol. The van der Waals surface area contributed by atoms with Crippen LogP contribution >= 0.6 is 24.0 Å². The molecular weight excluding hydrogens is 204 g/mol. The quantitative estimate of drug-likeness (QED) is 0.431. The first-order valence-electron chi connectivity index (χ1n) is 2.86. The molecule has 0 saturated heterocycles. The maximum Gasteiger partial charge on any atom is 0.133 e. The average Bonchev–Trinajstić information content (AvgIpc) is 1.95. The zero-order valence-electron chi connectivity index (χ0n) is 5.87. The van der Waals surface area contributed by atoms with Crippen molar-refractivity contribution >= 4 is 30.2 Å². The summed E-state index contributed by atoms with van der Waals surface area (Å²) < 4.78 is 12.8. The van der Waals surface area contributed by atoms with Gasteiger partial charge in [0.25, 0.3) is 0 Å². The Labute approximate surface area is 80.1 Å². The molecule has 0 amide bonds. The van der Waals surface area contributed by atoms with E-state index in [2.05, 4.69) is 5.16 Å². The van der Waals surface area contributed by atoms with Crippen molar-refractivity contribution < 1.29 is 9.60 Å². The van der Waals surface area contributed by atoms with Gasteiger partial charge in [0.2, 0.25) is 0 Å². The van der Waals surface area contributed by atoms with Crippen molar-refractivity contribution in [2.45, 2.75) is 0 Å². The van der Waals surface area contributed by atoms with E-state index in [0.29, 0.717) is 5.02 Å². The molecule has 1 N–H and O–H groups in total. The smallest absolute Gasteiger partial charge is 0.133 e. The Balaban J connectivity index is 0.00000121. The predicted octanol–water partition coefficient (Wildman–Crippen LogP) is 2.71. The number of halogens is 3.